The highest BCUT2D eigenvalue weighted by Crippen LogP contribution is 2.48. The van der Waals surface area contributed by atoms with Gasteiger partial charge in [-0.1, -0.05) is 48.5 Å². The Hall–Kier alpha value is -7.28. The molecule has 0 bridgehead atoms. The molecule has 0 spiro atoms. The molecular formula is C45H29N5O. The minimum Gasteiger partial charge on any atom is -0.497 e. The molecule has 240 valence electrons. The van der Waals surface area contributed by atoms with E-state index in [0.717, 1.165) is 77.8 Å². The zero-order chi connectivity index (χ0) is 34.5. The molecule has 0 aliphatic rings. The van der Waals surface area contributed by atoms with Crippen LogP contribution in [0.5, 0.6) is 5.75 Å². The summed E-state index contributed by atoms with van der Waals surface area (Å²) >= 11 is 0. The van der Waals surface area contributed by atoms with Crippen LogP contribution in [0, 0.1) is 22.7 Å². The van der Waals surface area contributed by atoms with E-state index in [4.69, 9.17) is 4.74 Å². The van der Waals surface area contributed by atoms with Crippen LogP contribution < -0.4 is 9.64 Å². The second-order valence-corrected chi connectivity index (χ2v) is 12.4. The lowest BCUT2D eigenvalue weighted by Crippen LogP contribution is -2.11. The van der Waals surface area contributed by atoms with Crippen LogP contribution in [-0.4, -0.2) is 16.2 Å². The van der Waals surface area contributed by atoms with Crippen molar-refractivity contribution in [3.63, 3.8) is 0 Å². The summed E-state index contributed by atoms with van der Waals surface area (Å²) in [6.07, 6.45) is 0. The van der Waals surface area contributed by atoms with Crippen LogP contribution in [0.15, 0.2) is 158 Å². The Morgan fingerprint density at radius 2 is 0.902 bits per heavy atom. The van der Waals surface area contributed by atoms with E-state index in [2.05, 4.69) is 123 Å². The van der Waals surface area contributed by atoms with Crippen LogP contribution in [-0.2, 0) is 0 Å². The first kappa shape index (κ1) is 29.8. The number of ether oxygens (including phenoxy) is 1. The molecule has 9 aromatic rings. The van der Waals surface area contributed by atoms with E-state index < -0.39 is 0 Å². The Morgan fingerprint density at radius 3 is 1.33 bits per heavy atom. The van der Waals surface area contributed by atoms with Crippen LogP contribution in [0.1, 0.15) is 11.1 Å². The Balaban J connectivity index is 1.38. The van der Waals surface area contributed by atoms with Gasteiger partial charge in [0.2, 0.25) is 0 Å². The fraction of sp³-hybridized carbons (Fsp3) is 0.0222. The van der Waals surface area contributed by atoms with Crippen LogP contribution in [0.4, 0.5) is 17.1 Å². The van der Waals surface area contributed by atoms with Gasteiger partial charge in [-0.25, -0.2) is 0 Å². The molecule has 0 unspecified atom stereocenters. The number of nitriles is 2. The van der Waals surface area contributed by atoms with Crippen molar-refractivity contribution < 1.29 is 4.74 Å². The van der Waals surface area contributed by atoms with E-state index in [9.17, 15) is 10.5 Å². The van der Waals surface area contributed by atoms with E-state index in [1.807, 2.05) is 60.7 Å². The van der Waals surface area contributed by atoms with Crippen molar-refractivity contribution in [1.82, 2.24) is 9.13 Å². The lowest BCUT2D eigenvalue weighted by Gasteiger charge is -2.27. The molecule has 2 aromatic heterocycles. The van der Waals surface area contributed by atoms with Gasteiger partial charge in [-0.3, -0.25) is 0 Å². The van der Waals surface area contributed by atoms with Gasteiger partial charge in [0, 0.05) is 38.6 Å². The van der Waals surface area contributed by atoms with Crippen LogP contribution in [0.3, 0.4) is 0 Å². The summed E-state index contributed by atoms with van der Waals surface area (Å²) in [6, 6.07) is 58.2. The SMILES string of the molecule is COc1ccc(N(c2cccc3c2c2ccccc2n3-c2ccc(C#N)cc2)c2cccc3c2c2ccccc2n3-c2ccc(C#N)cc2)cc1. The molecule has 7 aromatic carbocycles. The molecule has 0 amide bonds. The molecule has 0 saturated carbocycles. The molecule has 0 fully saturated rings. The largest absolute Gasteiger partial charge is 0.497 e. The molecule has 0 aliphatic carbocycles. The molecule has 0 atom stereocenters. The summed E-state index contributed by atoms with van der Waals surface area (Å²) in [5.41, 5.74) is 10.5. The summed E-state index contributed by atoms with van der Waals surface area (Å²) in [6.45, 7) is 0. The second kappa shape index (κ2) is 12.0. The predicted octanol–water partition coefficient (Wildman–Crippen LogP) is 11.1. The fourth-order valence-electron chi connectivity index (χ4n) is 7.44. The number of anilines is 3. The standard InChI is InChI=1S/C45H29N5O/c1-51-35-26-24-34(25-27-35)50(42-14-6-12-40-44(42)36-8-2-4-10-38(36)48(40)32-20-16-30(28-46)17-21-32)43-15-7-13-41-45(43)37-9-3-5-11-39(37)49(41)33-22-18-31(29-47)19-23-33/h2-27H,1H3. The van der Waals surface area contributed by atoms with Gasteiger partial charge in [0.05, 0.1) is 63.8 Å². The third kappa shape index (κ3) is 4.70. The van der Waals surface area contributed by atoms with Crippen LogP contribution in [0.25, 0.3) is 55.0 Å². The lowest BCUT2D eigenvalue weighted by molar-refractivity contribution is 0.415. The number of hydrogen-bond donors (Lipinski definition) is 0. The van der Waals surface area contributed by atoms with Gasteiger partial charge in [-0.15, -0.1) is 0 Å². The Kier molecular flexibility index (Phi) is 7.02. The van der Waals surface area contributed by atoms with Crippen molar-refractivity contribution in [2.75, 3.05) is 12.0 Å². The van der Waals surface area contributed by atoms with Gasteiger partial charge < -0.3 is 18.8 Å². The fourth-order valence-corrected chi connectivity index (χ4v) is 7.44. The topological polar surface area (TPSA) is 69.9 Å². The first-order chi connectivity index (χ1) is 25.2. The summed E-state index contributed by atoms with van der Waals surface area (Å²) in [7, 11) is 1.68. The molecule has 6 heteroatoms. The number of nitrogens with zero attached hydrogens (tertiary/aromatic N) is 5. The van der Waals surface area contributed by atoms with E-state index in [-0.39, 0.29) is 0 Å². The number of methoxy groups -OCH3 is 1. The zero-order valence-corrected chi connectivity index (χ0v) is 27.7. The van der Waals surface area contributed by atoms with E-state index >= 15 is 0 Å². The zero-order valence-electron chi connectivity index (χ0n) is 27.7. The van der Waals surface area contributed by atoms with E-state index in [1.165, 1.54) is 0 Å². The minimum absolute atomic E-state index is 0.624. The van der Waals surface area contributed by atoms with Crippen molar-refractivity contribution in [2.45, 2.75) is 0 Å². The van der Waals surface area contributed by atoms with Gasteiger partial charge in [-0.2, -0.15) is 10.5 Å². The van der Waals surface area contributed by atoms with E-state index in [0.29, 0.717) is 11.1 Å². The van der Waals surface area contributed by atoms with Crippen LogP contribution >= 0.6 is 0 Å². The first-order valence-electron chi connectivity index (χ1n) is 16.7. The third-order valence-electron chi connectivity index (χ3n) is 9.67. The first-order valence-corrected chi connectivity index (χ1v) is 16.7. The second-order valence-electron chi connectivity index (χ2n) is 12.4. The molecule has 9 rings (SSSR count). The molecule has 0 saturated heterocycles. The quantitative estimate of drug-likeness (QED) is 0.179. The van der Waals surface area contributed by atoms with Crippen molar-refractivity contribution >= 4 is 60.7 Å². The number of rotatable bonds is 6. The van der Waals surface area contributed by atoms with Gasteiger partial charge in [-0.05, 0) is 109 Å². The Morgan fingerprint density at radius 1 is 0.471 bits per heavy atom. The van der Waals surface area contributed by atoms with Crippen LogP contribution in [0.2, 0.25) is 0 Å². The maximum absolute atomic E-state index is 9.50. The van der Waals surface area contributed by atoms with E-state index in [1.54, 1.807) is 7.11 Å². The highest BCUT2D eigenvalue weighted by molar-refractivity contribution is 6.20. The molecular weight excluding hydrogens is 627 g/mol. The van der Waals surface area contributed by atoms with Gasteiger partial charge >= 0.3 is 0 Å². The summed E-state index contributed by atoms with van der Waals surface area (Å²) in [5.74, 6) is 0.782. The minimum atomic E-state index is 0.624. The number of benzene rings is 7. The average Bonchev–Trinajstić information content (AvgIpc) is 3.72. The number of hydrogen-bond acceptors (Lipinski definition) is 4. The summed E-state index contributed by atoms with van der Waals surface area (Å²) in [5, 5.41) is 23.5. The molecule has 0 N–H and O–H groups in total. The lowest BCUT2D eigenvalue weighted by atomic mass is 10.1. The third-order valence-corrected chi connectivity index (χ3v) is 9.67. The molecule has 0 radical (unpaired) electrons. The van der Waals surface area contributed by atoms with Gasteiger partial charge in [0.1, 0.15) is 5.75 Å². The predicted molar refractivity (Wildman–Crippen MR) is 206 cm³/mol. The average molecular weight is 656 g/mol. The highest BCUT2D eigenvalue weighted by atomic mass is 16.5. The molecule has 6 nitrogen and oxygen atoms in total. The van der Waals surface area contributed by atoms with Crippen molar-refractivity contribution in [2.24, 2.45) is 0 Å². The van der Waals surface area contributed by atoms with Crippen molar-refractivity contribution in [3.05, 3.63) is 169 Å². The van der Waals surface area contributed by atoms with Crippen molar-refractivity contribution in [3.8, 4) is 29.3 Å². The Bertz CT molecular complexity index is 2670. The highest BCUT2D eigenvalue weighted by Gasteiger charge is 2.24. The monoisotopic (exact) mass is 655 g/mol. The maximum Gasteiger partial charge on any atom is 0.119 e. The number of aromatic nitrogens is 2. The van der Waals surface area contributed by atoms with Crippen molar-refractivity contribution in [1.29, 1.82) is 10.5 Å². The molecule has 0 aliphatic heterocycles. The number of para-hydroxylation sites is 2. The smallest absolute Gasteiger partial charge is 0.119 e. The van der Waals surface area contributed by atoms with Gasteiger partial charge in [0.15, 0.2) is 0 Å². The van der Waals surface area contributed by atoms with Gasteiger partial charge in [0.25, 0.3) is 0 Å². The maximum atomic E-state index is 9.50. The molecule has 51 heavy (non-hydrogen) atoms. The number of fused-ring (bicyclic) bond motifs is 6. The normalized spacial score (nSPS) is 11.2. The molecule has 2 heterocycles. The summed E-state index contributed by atoms with van der Waals surface area (Å²) < 4.78 is 10.1. The Labute approximate surface area is 294 Å². The summed E-state index contributed by atoms with van der Waals surface area (Å²) in [4.78, 5) is 2.36.